The summed E-state index contributed by atoms with van der Waals surface area (Å²) < 4.78 is 37.3. The molecule has 5 nitrogen and oxygen atoms in total. The van der Waals surface area contributed by atoms with Gasteiger partial charge < -0.3 is 5.32 Å². The number of carbonyl (C=O) groups excluding carboxylic acids is 1. The van der Waals surface area contributed by atoms with Gasteiger partial charge in [-0.1, -0.05) is 6.07 Å². The number of carbonyl (C=O) groups is 1. The number of hydrogen-bond donors (Lipinski definition) is 1. The Kier molecular flexibility index (Phi) is 7.45. The summed E-state index contributed by atoms with van der Waals surface area (Å²) in [5.41, 5.74) is -4.29. The Bertz CT molecular complexity index is 847. The Hall–Kier alpha value is -1.85. The van der Waals surface area contributed by atoms with Gasteiger partial charge >= 0.3 is 5.51 Å². The molecule has 0 aliphatic heterocycles. The molecule has 0 spiro atoms. The lowest BCUT2D eigenvalue weighted by atomic mass is 10.3. The Morgan fingerprint density at radius 2 is 1.93 bits per heavy atom. The zero-order valence-corrected chi connectivity index (χ0v) is 16.2. The van der Waals surface area contributed by atoms with Crippen molar-refractivity contribution in [1.29, 1.82) is 0 Å². The summed E-state index contributed by atoms with van der Waals surface area (Å²) >= 11 is 2.08. The van der Waals surface area contributed by atoms with Crippen LogP contribution in [0.3, 0.4) is 0 Å². The van der Waals surface area contributed by atoms with E-state index in [2.05, 4.69) is 5.32 Å². The molecule has 2 aromatic carbocycles. The minimum absolute atomic E-state index is 0.0451. The smallest absolute Gasteiger partial charge is 0.325 e. The van der Waals surface area contributed by atoms with E-state index in [1.807, 2.05) is 0 Å². The highest BCUT2D eigenvalue weighted by Crippen LogP contribution is 2.37. The molecule has 2 aromatic rings. The van der Waals surface area contributed by atoms with Crippen molar-refractivity contribution < 1.29 is 22.9 Å². The first kappa shape index (κ1) is 21.5. The number of nitrogens with one attached hydrogen (secondary N) is 1. The minimum atomic E-state index is -4.42. The van der Waals surface area contributed by atoms with E-state index in [9.17, 15) is 28.1 Å². The quantitative estimate of drug-likeness (QED) is 0.344. The lowest BCUT2D eigenvalue weighted by molar-refractivity contribution is -0.387. The normalized spacial score (nSPS) is 11.3. The highest BCUT2D eigenvalue weighted by Gasteiger charge is 2.29. The first-order valence-electron chi connectivity index (χ1n) is 7.29. The number of rotatable bonds is 7. The van der Waals surface area contributed by atoms with Crippen molar-refractivity contribution in [1.82, 2.24) is 0 Å². The van der Waals surface area contributed by atoms with Gasteiger partial charge in [0.1, 0.15) is 0 Å². The van der Waals surface area contributed by atoms with Gasteiger partial charge in [0.2, 0.25) is 5.91 Å². The SMILES string of the molecule is CSc1ccc(SCC(=O)Nc2cccc(SC(F)(F)F)c2)c([N+](=O)[O-])c1. The Morgan fingerprint density at radius 1 is 1.19 bits per heavy atom. The molecule has 0 atom stereocenters. The van der Waals surface area contributed by atoms with Crippen molar-refractivity contribution in [3.63, 3.8) is 0 Å². The fraction of sp³-hybridized carbons (Fsp3) is 0.188. The van der Waals surface area contributed by atoms with Crippen LogP contribution >= 0.6 is 35.3 Å². The van der Waals surface area contributed by atoms with Crippen LogP contribution in [0.4, 0.5) is 24.5 Å². The Balaban J connectivity index is 2.01. The third-order valence-electron chi connectivity index (χ3n) is 3.07. The maximum absolute atomic E-state index is 12.4. The molecular weight excluding hydrogens is 421 g/mol. The van der Waals surface area contributed by atoms with Crippen molar-refractivity contribution in [3.8, 4) is 0 Å². The second kappa shape index (κ2) is 9.38. The molecule has 0 aromatic heterocycles. The molecule has 1 amide bonds. The second-order valence-electron chi connectivity index (χ2n) is 5.00. The van der Waals surface area contributed by atoms with Crippen molar-refractivity contribution in [2.75, 3.05) is 17.3 Å². The van der Waals surface area contributed by atoms with Gasteiger partial charge in [-0.2, -0.15) is 13.2 Å². The molecule has 0 bridgehead atoms. The molecule has 0 aliphatic rings. The standard InChI is InChI=1S/C16H13F3N2O3S3/c1-25-11-5-6-14(13(8-11)21(23)24)26-9-15(22)20-10-3-2-4-12(7-10)27-16(17,18)19/h2-8H,9H2,1H3,(H,20,22). The van der Waals surface area contributed by atoms with Crippen LogP contribution in [0.1, 0.15) is 0 Å². The van der Waals surface area contributed by atoms with Crippen LogP contribution < -0.4 is 5.32 Å². The van der Waals surface area contributed by atoms with Gasteiger partial charge in [0, 0.05) is 21.5 Å². The molecule has 0 heterocycles. The number of thioether (sulfide) groups is 3. The summed E-state index contributed by atoms with van der Waals surface area (Å²) in [4.78, 5) is 23.7. The van der Waals surface area contributed by atoms with Gasteiger partial charge in [0.05, 0.1) is 15.6 Å². The number of hydrogen-bond acceptors (Lipinski definition) is 6. The average molecular weight is 434 g/mol. The summed E-state index contributed by atoms with van der Waals surface area (Å²) in [7, 11) is 0. The van der Waals surface area contributed by atoms with Gasteiger partial charge in [-0.05, 0) is 48.3 Å². The molecule has 1 N–H and O–H groups in total. The van der Waals surface area contributed by atoms with E-state index in [0.29, 0.717) is 4.90 Å². The molecule has 0 saturated heterocycles. The van der Waals surface area contributed by atoms with Crippen LogP contribution in [0, 0.1) is 10.1 Å². The number of nitro groups is 1. The maximum Gasteiger partial charge on any atom is 0.446 e. The summed E-state index contributed by atoms with van der Waals surface area (Å²) in [6.07, 6.45) is 1.80. The lowest BCUT2D eigenvalue weighted by Crippen LogP contribution is -2.14. The molecule has 27 heavy (non-hydrogen) atoms. The van der Waals surface area contributed by atoms with Crippen LogP contribution in [0.25, 0.3) is 0 Å². The van der Waals surface area contributed by atoms with E-state index >= 15 is 0 Å². The number of nitro benzene ring substituents is 1. The Labute approximate surface area is 165 Å². The first-order valence-corrected chi connectivity index (χ1v) is 10.3. The number of amides is 1. The largest absolute Gasteiger partial charge is 0.446 e. The molecule has 0 aliphatic carbocycles. The molecule has 0 radical (unpaired) electrons. The zero-order chi connectivity index (χ0) is 20.0. The number of halogens is 3. The first-order chi connectivity index (χ1) is 12.7. The second-order valence-corrected chi connectivity index (χ2v) is 8.04. The zero-order valence-electron chi connectivity index (χ0n) is 13.8. The van der Waals surface area contributed by atoms with Crippen LogP contribution in [0.2, 0.25) is 0 Å². The minimum Gasteiger partial charge on any atom is -0.325 e. The molecule has 0 fully saturated rings. The van der Waals surface area contributed by atoms with Gasteiger partial charge in [-0.15, -0.1) is 23.5 Å². The molecule has 0 saturated carbocycles. The molecule has 0 unspecified atom stereocenters. The van der Waals surface area contributed by atoms with E-state index in [1.165, 1.54) is 42.1 Å². The number of benzene rings is 2. The van der Waals surface area contributed by atoms with Crippen molar-refractivity contribution >= 4 is 52.6 Å². The highest BCUT2D eigenvalue weighted by atomic mass is 32.2. The van der Waals surface area contributed by atoms with Crippen molar-refractivity contribution in [2.24, 2.45) is 0 Å². The van der Waals surface area contributed by atoms with E-state index in [0.717, 1.165) is 16.7 Å². The molecule has 2 rings (SSSR count). The van der Waals surface area contributed by atoms with E-state index < -0.39 is 16.3 Å². The molecule has 144 valence electrons. The van der Waals surface area contributed by atoms with Gasteiger partial charge in [-0.25, -0.2) is 0 Å². The predicted molar refractivity (Wildman–Crippen MR) is 103 cm³/mol. The highest BCUT2D eigenvalue weighted by molar-refractivity contribution is 8.00. The van der Waals surface area contributed by atoms with E-state index in [4.69, 9.17) is 0 Å². The lowest BCUT2D eigenvalue weighted by Gasteiger charge is -2.09. The van der Waals surface area contributed by atoms with Crippen molar-refractivity contribution in [3.05, 3.63) is 52.6 Å². The monoisotopic (exact) mass is 434 g/mol. The van der Waals surface area contributed by atoms with E-state index in [-0.39, 0.29) is 33.8 Å². The van der Waals surface area contributed by atoms with Gasteiger partial charge in [0.25, 0.3) is 5.69 Å². The molecular formula is C16H13F3N2O3S3. The van der Waals surface area contributed by atoms with Crippen molar-refractivity contribution in [2.45, 2.75) is 20.2 Å². The van der Waals surface area contributed by atoms with Crippen LogP contribution in [0.15, 0.2) is 57.2 Å². The summed E-state index contributed by atoms with van der Waals surface area (Å²) in [6, 6.07) is 10.1. The average Bonchev–Trinajstić information content (AvgIpc) is 2.58. The summed E-state index contributed by atoms with van der Waals surface area (Å²) in [5, 5.41) is 13.7. The summed E-state index contributed by atoms with van der Waals surface area (Å²) in [6.45, 7) is 0. The number of alkyl halides is 3. The predicted octanol–water partition coefficient (Wildman–Crippen LogP) is 5.66. The number of anilines is 1. The van der Waals surface area contributed by atoms with Crippen LogP contribution in [-0.4, -0.2) is 28.3 Å². The Morgan fingerprint density at radius 3 is 2.56 bits per heavy atom. The summed E-state index contributed by atoms with van der Waals surface area (Å²) in [5.74, 6) is -0.590. The molecule has 11 heteroatoms. The fourth-order valence-corrected chi connectivity index (χ4v) is 3.84. The third kappa shape index (κ3) is 7.00. The number of nitrogens with zero attached hydrogens (tertiary/aromatic N) is 1. The van der Waals surface area contributed by atoms with Crippen LogP contribution in [-0.2, 0) is 4.79 Å². The maximum atomic E-state index is 12.4. The van der Waals surface area contributed by atoms with Gasteiger partial charge in [-0.3, -0.25) is 14.9 Å². The van der Waals surface area contributed by atoms with Gasteiger partial charge in [0.15, 0.2) is 0 Å². The fourth-order valence-electron chi connectivity index (χ4n) is 2.00. The third-order valence-corrected chi connectivity index (χ3v) is 5.58. The van der Waals surface area contributed by atoms with E-state index in [1.54, 1.807) is 18.4 Å². The van der Waals surface area contributed by atoms with Crippen LogP contribution in [0.5, 0.6) is 0 Å². The topological polar surface area (TPSA) is 72.2 Å².